The van der Waals surface area contributed by atoms with Gasteiger partial charge in [0.15, 0.2) is 5.82 Å². The number of fused-ring (bicyclic) bond motifs is 1. The zero-order chi connectivity index (χ0) is 25.9. The Bertz CT molecular complexity index is 1420. The third-order valence-electron chi connectivity index (χ3n) is 6.42. The Morgan fingerprint density at radius 3 is 2.56 bits per heavy atom. The average Bonchev–Trinajstić information content (AvgIpc) is 3.26. The van der Waals surface area contributed by atoms with Crippen LogP contribution in [0.4, 0.5) is 5.95 Å². The van der Waals surface area contributed by atoms with Gasteiger partial charge in [0, 0.05) is 37.7 Å². The van der Waals surface area contributed by atoms with Crippen molar-refractivity contribution in [3.05, 3.63) is 36.7 Å². The van der Waals surface area contributed by atoms with Crippen LogP contribution < -0.4 is 10.1 Å². The molecule has 2 heterocycles. The van der Waals surface area contributed by atoms with E-state index in [1.807, 2.05) is 18.2 Å². The number of hydrogen-bond donors (Lipinski definition) is 1. The van der Waals surface area contributed by atoms with Gasteiger partial charge in [0.05, 0.1) is 35.7 Å². The summed E-state index contributed by atoms with van der Waals surface area (Å²) in [4.78, 5) is 9.01. The molecule has 196 valence electrons. The molecule has 11 nitrogen and oxygen atoms in total. The van der Waals surface area contributed by atoms with Gasteiger partial charge in [0.2, 0.25) is 16.0 Å². The van der Waals surface area contributed by atoms with Gasteiger partial charge in [-0.25, -0.2) is 30.8 Å². The highest BCUT2D eigenvalue weighted by Gasteiger charge is 2.28. The molecular weight excluding hydrogens is 504 g/mol. The van der Waals surface area contributed by atoms with Crippen LogP contribution >= 0.6 is 0 Å². The van der Waals surface area contributed by atoms with Gasteiger partial charge in [-0.2, -0.15) is 10.1 Å². The average molecular weight is 537 g/mol. The number of aromatic nitrogens is 4. The molecule has 2 aromatic heterocycles. The van der Waals surface area contributed by atoms with Gasteiger partial charge in [-0.3, -0.25) is 0 Å². The van der Waals surface area contributed by atoms with Crippen molar-refractivity contribution in [3.8, 4) is 11.6 Å². The second-order valence-corrected chi connectivity index (χ2v) is 13.5. The van der Waals surface area contributed by atoms with Crippen LogP contribution in [0.25, 0.3) is 16.7 Å². The Morgan fingerprint density at radius 1 is 1.11 bits per heavy atom. The van der Waals surface area contributed by atoms with E-state index >= 15 is 0 Å². The van der Waals surface area contributed by atoms with E-state index in [1.54, 1.807) is 30.2 Å². The summed E-state index contributed by atoms with van der Waals surface area (Å²) in [6.07, 6.45) is 9.44. The highest BCUT2D eigenvalue weighted by atomic mass is 32.2. The molecule has 0 unspecified atom stereocenters. The van der Waals surface area contributed by atoms with E-state index < -0.39 is 19.9 Å². The Balaban J connectivity index is 1.43. The normalized spacial score (nSPS) is 19.0. The summed E-state index contributed by atoms with van der Waals surface area (Å²) in [5, 5.41) is 8.68. The molecule has 0 saturated heterocycles. The van der Waals surface area contributed by atoms with Gasteiger partial charge in [-0.05, 0) is 44.2 Å². The minimum atomic E-state index is -3.20. The van der Waals surface area contributed by atoms with E-state index in [9.17, 15) is 16.8 Å². The van der Waals surface area contributed by atoms with Crippen LogP contribution in [0.2, 0.25) is 0 Å². The number of hydrogen-bond acceptors (Lipinski definition) is 9. The molecule has 36 heavy (non-hydrogen) atoms. The minimum Gasteiger partial charge on any atom is -0.493 e. The zero-order valence-electron chi connectivity index (χ0n) is 20.7. The molecular formula is C23H32N6O5S2. The van der Waals surface area contributed by atoms with E-state index in [2.05, 4.69) is 20.4 Å². The van der Waals surface area contributed by atoms with Gasteiger partial charge < -0.3 is 10.1 Å². The standard InChI is InChI=1S/C23H32N6O5S2/c1-28(36(3,32)33)18-10-8-17(9-11-18)26-23-24-13-12-22(27-23)29-20-6-4-7-21(19(20)16-25-29)34-14-5-15-35(2,30)31/h4,6-7,12-13,16-18H,5,8-11,14-15H2,1-3H3,(H,24,26,27). The number of anilines is 1. The fraction of sp³-hybridized carbons (Fsp3) is 0.522. The van der Waals surface area contributed by atoms with Crippen molar-refractivity contribution in [2.75, 3.05) is 37.2 Å². The van der Waals surface area contributed by atoms with Crippen LogP contribution in [0.15, 0.2) is 36.7 Å². The maximum atomic E-state index is 11.8. The van der Waals surface area contributed by atoms with E-state index in [-0.39, 0.29) is 17.8 Å². The summed E-state index contributed by atoms with van der Waals surface area (Å²) in [5.41, 5.74) is 0.810. The molecule has 0 amide bonds. The monoisotopic (exact) mass is 536 g/mol. The molecule has 1 fully saturated rings. The number of nitrogens with one attached hydrogen (secondary N) is 1. The van der Waals surface area contributed by atoms with Gasteiger partial charge >= 0.3 is 0 Å². The minimum absolute atomic E-state index is 0.0172. The van der Waals surface area contributed by atoms with Gasteiger partial charge in [0.25, 0.3) is 0 Å². The lowest BCUT2D eigenvalue weighted by atomic mass is 9.91. The number of nitrogens with zero attached hydrogens (tertiary/aromatic N) is 5. The lowest BCUT2D eigenvalue weighted by molar-refractivity contribution is 0.276. The molecule has 0 radical (unpaired) electrons. The first kappa shape index (κ1) is 26.3. The molecule has 13 heteroatoms. The molecule has 0 aliphatic heterocycles. The van der Waals surface area contributed by atoms with Gasteiger partial charge in [-0.1, -0.05) is 6.07 Å². The van der Waals surface area contributed by atoms with E-state index in [1.165, 1.54) is 16.8 Å². The molecule has 1 saturated carbocycles. The predicted octanol–water partition coefficient (Wildman–Crippen LogP) is 2.24. The molecule has 0 bridgehead atoms. The van der Waals surface area contributed by atoms with Crippen LogP contribution in [0.3, 0.4) is 0 Å². The predicted molar refractivity (Wildman–Crippen MR) is 139 cm³/mol. The highest BCUT2D eigenvalue weighted by Crippen LogP contribution is 2.28. The number of ether oxygens (including phenoxy) is 1. The van der Waals surface area contributed by atoms with Gasteiger partial charge in [-0.15, -0.1) is 0 Å². The van der Waals surface area contributed by atoms with Crippen LogP contribution in [-0.2, 0) is 19.9 Å². The third-order valence-corrected chi connectivity index (χ3v) is 8.79. The molecule has 1 aromatic carbocycles. The third kappa shape index (κ3) is 6.51. The summed E-state index contributed by atoms with van der Waals surface area (Å²) in [5.74, 6) is 1.80. The van der Waals surface area contributed by atoms with Crippen molar-refractivity contribution >= 4 is 36.7 Å². The smallest absolute Gasteiger partial charge is 0.224 e. The van der Waals surface area contributed by atoms with Crippen LogP contribution in [-0.4, -0.2) is 84.9 Å². The van der Waals surface area contributed by atoms with E-state index in [4.69, 9.17) is 4.74 Å². The summed E-state index contributed by atoms with van der Waals surface area (Å²) in [7, 11) is -4.58. The number of benzene rings is 1. The Morgan fingerprint density at radius 2 is 1.86 bits per heavy atom. The van der Waals surface area contributed by atoms with Crippen molar-refractivity contribution in [2.24, 2.45) is 0 Å². The molecule has 1 N–H and O–H groups in total. The number of rotatable bonds is 10. The number of sulfone groups is 1. The maximum Gasteiger partial charge on any atom is 0.224 e. The largest absolute Gasteiger partial charge is 0.493 e. The highest BCUT2D eigenvalue weighted by molar-refractivity contribution is 7.90. The fourth-order valence-electron chi connectivity index (χ4n) is 4.41. The van der Waals surface area contributed by atoms with Crippen molar-refractivity contribution < 1.29 is 21.6 Å². The van der Waals surface area contributed by atoms with Crippen molar-refractivity contribution in [1.82, 2.24) is 24.1 Å². The number of sulfonamides is 1. The first-order valence-corrected chi connectivity index (χ1v) is 15.7. The van der Waals surface area contributed by atoms with Crippen molar-refractivity contribution in [3.63, 3.8) is 0 Å². The second kappa shape index (κ2) is 10.7. The van der Waals surface area contributed by atoms with Crippen molar-refractivity contribution in [1.29, 1.82) is 0 Å². The lowest BCUT2D eigenvalue weighted by Gasteiger charge is -2.33. The molecule has 3 aromatic rings. The first-order chi connectivity index (χ1) is 17.0. The van der Waals surface area contributed by atoms with Crippen LogP contribution in [0.5, 0.6) is 5.75 Å². The van der Waals surface area contributed by atoms with Crippen molar-refractivity contribution in [2.45, 2.75) is 44.2 Å². The molecule has 1 aliphatic rings. The summed E-state index contributed by atoms with van der Waals surface area (Å²) in [6.45, 7) is 0.293. The molecule has 0 atom stereocenters. The first-order valence-electron chi connectivity index (χ1n) is 11.8. The fourth-order valence-corrected chi connectivity index (χ4v) is 5.80. The second-order valence-electron chi connectivity index (χ2n) is 9.24. The topological polar surface area (TPSA) is 136 Å². The SMILES string of the molecule is CN(C1CCC(Nc2nccc(-n3ncc4c(OCCCS(C)(=O)=O)cccc43)n2)CC1)S(C)(=O)=O. The molecule has 4 rings (SSSR count). The summed E-state index contributed by atoms with van der Waals surface area (Å²) < 4.78 is 55.3. The van der Waals surface area contributed by atoms with E-state index in [0.717, 1.165) is 36.6 Å². The quantitative estimate of drug-likeness (QED) is 0.387. The zero-order valence-corrected chi connectivity index (χ0v) is 22.3. The molecule has 0 spiro atoms. The summed E-state index contributed by atoms with van der Waals surface area (Å²) in [6, 6.07) is 7.56. The lowest BCUT2D eigenvalue weighted by Crippen LogP contribution is -2.41. The van der Waals surface area contributed by atoms with Gasteiger partial charge in [0.1, 0.15) is 15.6 Å². The van der Waals surface area contributed by atoms with E-state index in [0.29, 0.717) is 30.5 Å². The Kier molecular flexibility index (Phi) is 7.81. The Labute approximate surface area is 211 Å². The van der Waals surface area contributed by atoms with Crippen LogP contribution in [0, 0.1) is 0 Å². The maximum absolute atomic E-state index is 11.8. The summed E-state index contributed by atoms with van der Waals surface area (Å²) >= 11 is 0. The molecule has 1 aliphatic carbocycles. The Hall–Kier alpha value is -2.77. The van der Waals surface area contributed by atoms with Crippen LogP contribution in [0.1, 0.15) is 32.1 Å².